The normalized spacial score (nSPS) is 16.3. The van der Waals surface area contributed by atoms with Crippen molar-refractivity contribution in [3.63, 3.8) is 0 Å². The number of piperazine rings is 1. The molecule has 0 radical (unpaired) electrons. The highest BCUT2D eigenvalue weighted by Gasteiger charge is 2.31. The first-order valence-electron chi connectivity index (χ1n) is 14.6. The predicted molar refractivity (Wildman–Crippen MR) is 175 cm³/mol. The number of thioether (sulfide) groups is 1. The number of sulfone groups is 1. The van der Waals surface area contributed by atoms with Gasteiger partial charge in [-0.2, -0.15) is 9.49 Å². The van der Waals surface area contributed by atoms with Gasteiger partial charge in [-0.25, -0.2) is 13.4 Å². The lowest BCUT2D eigenvalue weighted by Crippen LogP contribution is -2.48. The van der Waals surface area contributed by atoms with Gasteiger partial charge in [0.25, 0.3) is 0 Å². The number of nitrogens with zero attached hydrogens (tertiary/aromatic N) is 7. The maximum atomic E-state index is 14.6. The topological polar surface area (TPSA) is 141 Å². The molecule has 0 spiro atoms. The number of aromatic amines is 1. The average Bonchev–Trinajstić information content (AvgIpc) is 3.47. The molecule has 1 N–H and O–H groups in total. The van der Waals surface area contributed by atoms with E-state index in [0.29, 0.717) is 17.5 Å². The molecule has 246 valence electrons. The Morgan fingerprint density at radius 2 is 1.85 bits per heavy atom. The van der Waals surface area contributed by atoms with E-state index in [1.807, 2.05) is 17.9 Å². The van der Waals surface area contributed by atoms with E-state index >= 15 is 0 Å². The fourth-order valence-electron chi connectivity index (χ4n) is 5.15. The van der Waals surface area contributed by atoms with E-state index in [4.69, 9.17) is 9.73 Å². The Hall–Kier alpha value is -3.99. The zero-order chi connectivity index (χ0) is 33.0. The minimum Gasteiger partial charge on any atom is -0.495 e. The average molecular weight is 673 g/mol. The summed E-state index contributed by atoms with van der Waals surface area (Å²) in [5.41, 5.74) is -0.141. The highest BCUT2D eigenvalue weighted by molar-refractivity contribution is 8.14. The molecular formula is C30H37FN8O5S2. The molecule has 1 saturated heterocycles. The molecule has 0 bridgehead atoms. The number of likely N-dealkylation sites (N-methyl/N-ethyl adjacent to an activating group) is 1. The molecule has 0 atom stereocenters. The predicted octanol–water partition coefficient (Wildman–Crippen LogP) is 3.70. The molecule has 0 aliphatic carbocycles. The maximum absolute atomic E-state index is 14.6. The number of ether oxygens (including phenoxy) is 1. The minimum absolute atomic E-state index is 0.0255. The Labute approximate surface area is 271 Å². The SMILES string of the molecule is COC1=C(N2CCN(CCN(C)C)CC2)N=C(Sc2ccc(S(=O)(=O)Cc3cccc([N+](=O)[O-])c3F)cc2)N(c2cc(C)[nH]n2)C1. The van der Waals surface area contributed by atoms with Crippen LogP contribution in [0.3, 0.4) is 0 Å². The van der Waals surface area contributed by atoms with Crippen molar-refractivity contribution in [1.82, 2.24) is 24.9 Å². The number of amidine groups is 1. The number of H-pyrrole nitrogens is 1. The van der Waals surface area contributed by atoms with Gasteiger partial charge >= 0.3 is 5.69 Å². The van der Waals surface area contributed by atoms with Crippen LogP contribution >= 0.6 is 11.8 Å². The number of hydrogen-bond donors (Lipinski definition) is 1. The van der Waals surface area contributed by atoms with Gasteiger partial charge in [0.2, 0.25) is 5.82 Å². The third kappa shape index (κ3) is 7.68. The van der Waals surface area contributed by atoms with Gasteiger partial charge in [0, 0.05) is 67.6 Å². The second kappa shape index (κ2) is 14.2. The van der Waals surface area contributed by atoms with Crippen LogP contribution in [0, 0.1) is 22.9 Å². The van der Waals surface area contributed by atoms with Gasteiger partial charge in [-0.3, -0.25) is 25.0 Å². The first-order valence-corrected chi connectivity index (χ1v) is 17.1. The van der Waals surface area contributed by atoms with E-state index in [-0.39, 0.29) is 10.5 Å². The zero-order valence-electron chi connectivity index (χ0n) is 26.1. The molecular weight excluding hydrogens is 636 g/mol. The van der Waals surface area contributed by atoms with Crippen LogP contribution < -0.4 is 4.90 Å². The Kier molecular flexibility index (Phi) is 10.3. The van der Waals surface area contributed by atoms with Gasteiger partial charge < -0.3 is 14.5 Å². The van der Waals surface area contributed by atoms with Crippen LogP contribution in [0.1, 0.15) is 11.3 Å². The number of hydrogen-bond acceptors (Lipinski definition) is 12. The fourth-order valence-corrected chi connectivity index (χ4v) is 7.38. The van der Waals surface area contributed by atoms with E-state index in [2.05, 4.69) is 39.0 Å². The smallest absolute Gasteiger partial charge is 0.305 e. The molecule has 5 rings (SSSR count). The van der Waals surface area contributed by atoms with Crippen molar-refractivity contribution in [1.29, 1.82) is 0 Å². The van der Waals surface area contributed by atoms with Crippen molar-refractivity contribution >= 4 is 38.3 Å². The lowest BCUT2D eigenvalue weighted by atomic mass is 10.2. The van der Waals surface area contributed by atoms with Crippen LogP contribution in [0.25, 0.3) is 0 Å². The molecule has 0 saturated carbocycles. The molecule has 2 aromatic carbocycles. The van der Waals surface area contributed by atoms with Gasteiger partial charge in [0.1, 0.15) is 0 Å². The summed E-state index contributed by atoms with van der Waals surface area (Å²) in [6.45, 7) is 7.73. The lowest BCUT2D eigenvalue weighted by Gasteiger charge is -2.39. The highest BCUT2D eigenvalue weighted by atomic mass is 32.2. The number of aliphatic imine (C=N–C) groups is 1. The summed E-state index contributed by atoms with van der Waals surface area (Å²) >= 11 is 1.36. The van der Waals surface area contributed by atoms with E-state index in [9.17, 15) is 22.9 Å². The summed E-state index contributed by atoms with van der Waals surface area (Å²) in [6, 6.07) is 11.6. The molecule has 3 aromatic rings. The van der Waals surface area contributed by atoms with Gasteiger partial charge in [-0.15, -0.1) is 0 Å². The molecule has 3 heterocycles. The Morgan fingerprint density at radius 1 is 1.13 bits per heavy atom. The third-order valence-corrected chi connectivity index (χ3v) is 10.4. The number of benzene rings is 2. The molecule has 13 nitrogen and oxygen atoms in total. The first-order chi connectivity index (χ1) is 21.9. The van der Waals surface area contributed by atoms with Crippen molar-refractivity contribution in [2.45, 2.75) is 22.5 Å². The largest absolute Gasteiger partial charge is 0.495 e. The number of halogens is 1. The van der Waals surface area contributed by atoms with Crippen LogP contribution in [-0.4, -0.2) is 110 Å². The second-order valence-electron chi connectivity index (χ2n) is 11.3. The minimum atomic E-state index is -3.99. The van der Waals surface area contributed by atoms with Crippen molar-refractivity contribution in [3.8, 4) is 0 Å². The van der Waals surface area contributed by atoms with E-state index < -0.39 is 32.0 Å². The van der Waals surface area contributed by atoms with E-state index in [1.165, 1.54) is 36.0 Å². The molecule has 0 amide bonds. The van der Waals surface area contributed by atoms with Gasteiger partial charge in [-0.1, -0.05) is 23.9 Å². The summed E-state index contributed by atoms with van der Waals surface area (Å²) in [5, 5.41) is 19.2. The van der Waals surface area contributed by atoms with Crippen molar-refractivity contribution in [3.05, 3.63) is 87.3 Å². The van der Waals surface area contributed by atoms with Crippen LogP contribution in [0.5, 0.6) is 0 Å². The molecule has 2 aliphatic rings. The number of anilines is 1. The van der Waals surface area contributed by atoms with Crippen LogP contribution in [0.15, 0.2) is 74.9 Å². The summed E-state index contributed by atoms with van der Waals surface area (Å²) in [7, 11) is 1.80. The lowest BCUT2D eigenvalue weighted by molar-refractivity contribution is -0.387. The number of rotatable bonds is 11. The van der Waals surface area contributed by atoms with Crippen LogP contribution in [0.4, 0.5) is 15.9 Å². The number of methoxy groups -OCH3 is 1. The summed E-state index contributed by atoms with van der Waals surface area (Å²) in [4.78, 5) is 24.8. The summed E-state index contributed by atoms with van der Waals surface area (Å²) in [5.74, 6) is 0.300. The fraction of sp³-hybridized carbons (Fsp3) is 0.400. The second-order valence-corrected chi connectivity index (χ2v) is 14.3. The summed E-state index contributed by atoms with van der Waals surface area (Å²) in [6.07, 6.45) is 0. The molecule has 2 aliphatic heterocycles. The Morgan fingerprint density at radius 3 is 2.46 bits per heavy atom. The first kappa shape index (κ1) is 33.4. The Bertz CT molecular complexity index is 1740. The number of nitrogens with one attached hydrogen (secondary N) is 1. The van der Waals surface area contributed by atoms with E-state index in [0.717, 1.165) is 67.5 Å². The zero-order valence-corrected chi connectivity index (χ0v) is 27.8. The number of aryl methyl sites for hydroxylation is 1. The maximum Gasteiger partial charge on any atom is 0.305 e. The van der Waals surface area contributed by atoms with Gasteiger partial charge in [-0.05, 0) is 45.3 Å². The summed E-state index contributed by atoms with van der Waals surface area (Å²) < 4.78 is 46.7. The van der Waals surface area contributed by atoms with Crippen molar-refractivity contribution < 1.29 is 22.5 Å². The third-order valence-electron chi connectivity index (χ3n) is 7.73. The monoisotopic (exact) mass is 672 g/mol. The molecule has 46 heavy (non-hydrogen) atoms. The standard InChI is InChI=1S/C30H37FN8O5S2/c1-21-18-27(34-33-21)38-19-26(44-4)29(37-16-14-36(15-17-37)13-12-35(2)3)32-30(38)45-23-8-10-24(11-9-23)46(42,43)20-22-6-5-7-25(28(22)31)39(40)41/h5-11,18H,12-17,19-20H2,1-4H3,(H,33,34). The van der Waals surface area contributed by atoms with Gasteiger partial charge in [0.15, 0.2) is 32.4 Å². The number of aromatic nitrogens is 2. The quantitative estimate of drug-likeness (QED) is 0.236. The van der Waals surface area contributed by atoms with Crippen molar-refractivity contribution in [2.24, 2.45) is 4.99 Å². The molecule has 16 heteroatoms. The van der Waals surface area contributed by atoms with Crippen molar-refractivity contribution in [2.75, 3.05) is 71.9 Å². The molecule has 1 fully saturated rings. The molecule has 0 unspecified atom stereocenters. The van der Waals surface area contributed by atoms with Gasteiger partial charge in [0.05, 0.1) is 29.2 Å². The molecule has 1 aromatic heterocycles. The highest BCUT2D eigenvalue weighted by Crippen LogP contribution is 2.33. The van der Waals surface area contributed by atoms with Crippen LogP contribution in [-0.2, 0) is 20.3 Å². The van der Waals surface area contributed by atoms with E-state index in [1.54, 1.807) is 19.2 Å². The van der Waals surface area contributed by atoms with Crippen LogP contribution in [0.2, 0.25) is 0 Å². The number of nitro benzene ring substituents is 1. The Balaban J connectivity index is 1.37. The number of nitro groups is 1.